The minimum Gasteiger partial charge on any atom is -0.303 e. The van der Waals surface area contributed by atoms with E-state index in [4.69, 9.17) is 11.6 Å². The molecule has 102 valence electrons. The maximum Gasteiger partial charge on any atom is 0.270 e. The molecule has 2 rings (SSSR count). The topological polar surface area (TPSA) is 60.2 Å². The summed E-state index contributed by atoms with van der Waals surface area (Å²) in [6.45, 7) is 0. The molecule has 5 heteroatoms. The fourth-order valence-corrected chi connectivity index (χ4v) is 2.21. The molecule has 2 aromatic rings. The Morgan fingerprint density at radius 3 is 2.70 bits per heavy atom. The Kier molecular flexibility index (Phi) is 4.48. The second-order valence-corrected chi connectivity index (χ2v) is 4.75. The third kappa shape index (κ3) is 3.22. The lowest BCUT2D eigenvalue weighted by Crippen LogP contribution is -1.93. The van der Waals surface area contributed by atoms with Gasteiger partial charge in [0.25, 0.3) is 5.69 Å². The lowest BCUT2D eigenvalue weighted by atomic mass is 9.96. The highest BCUT2D eigenvalue weighted by Crippen LogP contribution is 2.30. The number of aryl methyl sites for hydroxylation is 1. The second kappa shape index (κ2) is 6.30. The Hall–Kier alpha value is -2.20. The zero-order chi connectivity index (χ0) is 14.5. The zero-order valence-electron chi connectivity index (χ0n) is 10.6. The number of nitro benzene ring substituents is 1. The molecule has 4 nitrogen and oxygen atoms in total. The predicted molar refractivity (Wildman–Crippen MR) is 77.9 cm³/mol. The summed E-state index contributed by atoms with van der Waals surface area (Å²) < 4.78 is 0. The van der Waals surface area contributed by atoms with Crippen LogP contribution in [0.15, 0.2) is 42.5 Å². The highest BCUT2D eigenvalue weighted by Gasteiger charge is 2.10. The molecule has 0 amide bonds. The quantitative estimate of drug-likeness (QED) is 0.474. The highest BCUT2D eigenvalue weighted by molar-refractivity contribution is 6.30. The van der Waals surface area contributed by atoms with Crippen LogP contribution in [-0.4, -0.2) is 11.2 Å². The number of nitro groups is 1. The molecule has 0 saturated carbocycles. The fraction of sp³-hybridized carbons (Fsp3) is 0.133. The van der Waals surface area contributed by atoms with Crippen molar-refractivity contribution in [3.05, 3.63) is 63.2 Å². The predicted octanol–water partition coefficient (Wildman–Crippen LogP) is 4.05. The summed E-state index contributed by atoms with van der Waals surface area (Å²) in [5.41, 5.74) is 2.52. The van der Waals surface area contributed by atoms with Crippen molar-refractivity contribution in [3.63, 3.8) is 0 Å². The van der Waals surface area contributed by atoms with E-state index in [2.05, 4.69) is 0 Å². The number of halogens is 1. The van der Waals surface area contributed by atoms with Crippen LogP contribution in [0.4, 0.5) is 5.69 Å². The van der Waals surface area contributed by atoms with Gasteiger partial charge in [0.15, 0.2) is 0 Å². The normalized spacial score (nSPS) is 10.2. The first-order valence-corrected chi connectivity index (χ1v) is 6.46. The van der Waals surface area contributed by atoms with Crippen LogP contribution < -0.4 is 0 Å². The van der Waals surface area contributed by atoms with E-state index in [-0.39, 0.29) is 5.69 Å². The van der Waals surface area contributed by atoms with E-state index < -0.39 is 4.92 Å². The van der Waals surface area contributed by atoms with Crippen molar-refractivity contribution in [3.8, 4) is 11.1 Å². The van der Waals surface area contributed by atoms with Gasteiger partial charge in [-0.05, 0) is 35.2 Å². The number of carbonyl (C=O) groups is 1. The number of benzene rings is 2. The summed E-state index contributed by atoms with van der Waals surface area (Å²) in [7, 11) is 0. The number of nitrogens with zero attached hydrogens (tertiary/aromatic N) is 1. The number of hydrogen-bond acceptors (Lipinski definition) is 3. The molecule has 0 saturated heterocycles. The van der Waals surface area contributed by atoms with E-state index in [1.54, 1.807) is 24.3 Å². The SMILES string of the molecule is O=CCCc1ccc(Cl)cc1-c1cccc([N+](=O)[O-])c1. The molecule has 0 N–H and O–H groups in total. The van der Waals surface area contributed by atoms with Gasteiger partial charge < -0.3 is 4.79 Å². The molecule has 0 radical (unpaired) electrons. The standard InChI is InChI=1S/C15H12ClNO3/c16-13-7-6-11(4-2-8-18)15(10-13)12-3-1-5-14(9-12)17(19)20/h1,3,5-10H,2,4H2. The van der Waals surface area contributed by atoms with Gasteiger partial charge in [0.05, 0.1) is 4.92 Å². The molecule has 0 aliphatic rings. The Morgan fingerprint density at radius 1 is 1.20 bits per heavy atom. The van der Waals surface area contributed by atoms with Crippen LogP contribution in [0.2, 0.25) is 5.02 Å². The fourth-order valence-electron chi connectivity index (χ4n) is 2.04. The summed E-state index contributed by atoms with van der Waals surface area (Å²) in [4.78, 5) is 20.9. The van der Waals surface area contributed by atoms with Gasteiger partial charge in [-0.3, -0.25) is 10.1 Å². The van der Waals surface area contributed by atoms with Gasteiger partial charge in [0, 0.05) is 23.6 Å². The third-order valence-corrected chi connectivity index (χ3v) is 3.21. The van der Waals surface area contributed by atoms with Crippen molar-refractivity contribution in [2.45, 2.75) is 12.8 Å². The average molecular weight is 290 g/mol. The molecule has 20 heavy (non-hydrogen) atoms. The van der Waals surface area contributed by atoms with Crippen molar-refractivity contribution in [2.75, 3.05) is 0 Å². The minimum absolute atomic E-state index is 0.0313. The van der Waals surface area contributed by atoms with Crippen molar-refractivity contribution < 1.29 is 9.72 Å². The first-order chi connectivity index (χ1) is 9.61. The van der Waals surface area contributed by atoms with Crippen molar-refractivity contribution in [2.24, 2.45) is 0 Å². The number of non-ortho nitro benzene ring substituents is 1. The number of hydrogen-bond donors (Lipinski definition) is 0. The maximum atomic E-state index is 10.8. The summed E-state index contributed by atoms with van der Waals surface area (Å²) >= 11 is 6.00. The van der Waals surface area contributed by atoms with E-state index in [0.717, 1.165) is 23.0 Å². The van der Waals surface area contributed by atoms with Crippen LogP contribution in [0.3, 0.4) is 0 Å². The molecule has 0 spiro atoms. The summed E-state index contributed by atoms with van der Waals surface area (Å²) in [5, 5.41) is 11.4. The summed E-state index contributed by atoms with van der Waals surface area (Å²) in [6.07, 6.45) is 1.84. The Balaban J connectivity index is 2.49. The van der Waals surface area contributed by atoms with E-state index >= 15 is 0 Å². The van der Waals surface area contributed by atoms with Gasteiger partial charge in [-0.1, -0.05) is 29.8 Å². The Labute approximate surface area is 121 Å². The van der Waals surface area contributed by atoms with Gasteiger partial charge >= 0.3 is 0 Å². The van der Waals surface area contributed by atoms with Gasteiger partial charge in [0.1, 0.15) is 6.29 Å². The van der Waals surface area contributed by atoms with E-state index in [1.807, 2.05) is 6.07 Å². The summed E-state index contributed by atoms with van der Waals surface area (Å²) in [5.74, 6) is 0. The molecule has 0 bridgehead atoms. The van der Waals surface area contributed by atoms with E-state index in [1.165, 1.54) is 12.1 Å². The van der Waals surface area contributed by atoms with Gasteiger partial charge in [-0.25, -0.2) is 0 Å². The van der Waals surface area contributed by atoms with Crippen LogP contribution in [0.5, 0.6) is 0 Å². The average Bonchev–Trinajstić information content (AvgIpc) is 2.46. The monoisotopic (exact) mass is 289 g/mol. The van der Waals surface area contributed by atoms with Crippen molar-refractivity contribution in [1.82, 2.24) is 0 Å². The molecule has 0 aliphatic carbocycles. The van der Waals surface area contributed by atoms with E-state index in [0.29, 0.717) is 17.9 Å². The molecule has 0 unspecified atom stereocenters. The Morgan fingerprint density at radius 2 is 2.00 bits per heavy atom. The Bertz CT molecular complexity index is 655. The van der Waals surface area contributed by atoms with E-state index in [9.17, 15) is 14.9 Å². The molecule has 0 aromatic heterocycles. The van der Waals surface area contributed by atoms with Gasteiger partial charge in [0.2, 0.25) is 0 Å². The molecule has 0 fully saturated rings. The smallest absolute Gasteiger partial charge is 0.270 e. The van der Waals surface area contributed by atoms with Crippen LogP contribution >= 0.6 is 11.6 Å². The number of carbonyl (C=O) groups excluding carboxylic acids is 1. The number of aldehydes is 1. The van der Waals surface area contributed by atoms with Crippen LogP contribution in [0, 0.1) is 10.1 Å². The second-order valence-electron chi connectivity index (χ2n) is 4.31. The van der Waals surface area contributed by atoms with Crippen molar-refractivity contribution in [1.29, 1.82) is 0 Å². The van der Waals surface area contributed by atoms with Crippen LogP contribution in [-0.2, 0) is 11.2 Å². The van der Waals surface area contributed by atoms with Crippen LogP contribution in [0.25, 0.3) is 11.1 Å². The molecule has 2 aromatic carbocycles. The number of rotatable bonds is 5. The summed E-state index contributed by atoms with van der Waals surface area (Å²) in [6, 6.07) is 11.7. The van der Waals surface area contributed by atoms with Gasteiger partial charge in [-0.2, -0.15) is 0 Å². The molecule has 0 heterocycles. The molecule has 0 atom stereocenters. The largest absolute Gasteiger partial charge is 0.303 e. The molecule has 0 aliphatic heterocycles. The minimum atomic E-state index is -0.431. The van der Waals surface area contributed by atoms with Gasteiger partial charge in [-0.15, -0.1) is 0 Å². The lowest BCUT2D eigenvalue weighted by Gasteiger charge is -2.09. The lowest BCUT2D eigenvalue weighted by molar-refractivity contribution is -0.384. The molecular weight excluding hydrogens is 278 g/mol. The first kappa shape index (κ1) is 14.2. The highest BCUT2D eigenvalue weighted by atomic mass is 35.5. The maximum absolute atomic E-state index is 10.8. The molecular formula is C15H12ClNO3. The third-order valence-electron chi connectivity index (χ3n) is 2.97. The van der Waals surface area contributed by atoms with Crippen LogP contribution in [0.1, 0.15) is 12.0 Å². The van der Waals surface area contributed by atoms with Crippen molar-refractivity contribution >= 4 is 23.6 Å². The zero-order valence-corrected chi connectivity index (χ0v) is 11.3. The first-order valence-electron chi connectivity index (χ1n) is 6.08.